The monoisotopic (exact) mass is 403 g/mol. The summed E-state index contributed by atoms with van der Waals surface area (Å²) < 4.78 is 3.04. The molecule has 1 N–H and O–H groups in total. The summed E-state index contributed by atoms with van der Waals surface area (Å²) >= 11 is 8.50. The summed E-state index contributed by atoms with van der Waals surface area (Å²) in [4.78, 5) is 0. The smallest absolute Gasteiger partial charge is 0.0596 e. The molecule has 0 aliphatic carbocycles. The zero-order valence-electron chi connectivity index (χ0n) is 12.0. The Hall–Kier alpha value is -0.590. The van der Waals surface area contributed by atoms with E-state index >= 15 is 0 Å². The fourth-order valence-electron chi connectivity index (χ4n) is 2.35. The highest BCUT2D eigenvalue weighted by Crippen LogP contribution is 2.25. The molecule has 2 rings (SSSR count). The van der Waals surface area contributed by atoms with Crippen molar-refractivity contribution in [3.05, 3.63) is 49.8 Å². The van der Waals surface area contributed by atoms with E-state index in [-0.39, 0.29) is 6.04 Å². The molecule has 0 spiro atoms. The van der Waals surface area contributed by atoms with Gasteiger partial charge in [0, 0.05) is 28.8 Å². The van der Waals surface area contributed by atoms with Crippen LogP contribution in [0.1, 0.15) is 29.9 Å². The number of benzene rings is 1. The van der Waals surface area contributed by atoms with E-state index in [0.29, 0.717) is 0 Å². The molecule has 20 heavy (non-hydrogen) atoms. The first-order valence-electron chi connectivity index (χ1n) is 6.69. The van der Waals surface area contributed by atoms with Gasteiger partial charge in [-0.25, -0.2) is 0 Å². The number of aromatic nitrogens is 2. The Morgan fingerprint density at radius 2 is 2.15 bits per heavy atom. The first-order valence-corrected chi connectivity index (χ1v) is 8.14. The molecule has 108 valence electrons. The Bertz CT molecular complexity index is 595. The van der Waals surface area contributed by atoms with Crippen molar-refractivity contribution in [2.75, 3.05) is 6.54 Å². The number of halogens is 2. The number of likely N-dealkylation sites (N-methyl/N-ethyl adjacent to an activating group) is 1. The molecule has 1 unspecified atom stereocenters. The van der Waals surface area contributed by atoms with Crippen LogP contribution in [0.4, 0.5) is 0 Å². The highest BCUT2D eigenvalue weighted by Gasteiger charge is 2.15. The lowest BCUT2D eigenvalue weighted by Gasteiger charge is -2.19. The van der Waals surface area contributed by atoms with Gasteiger partial charge in [-0.2, -0.15) is 5.10 Å². The SMILES string of the molecule is CCNC(Cc1cc(C)nn1C)c1ccc(I)c(Cl)c1. The molecule has 2 aromatic rings. The molecule has 1 aromatic carbocycles. The number of aryl methyl sites for hydroxylation is 2. The van der Waals surface area contributed by atoms with Crippen molar-refractivity contribution in [2.24, 2.45) is 7.05 Å². The van der Waals surface area contributed by atoms with Crippen molar-refractivity contribution in [3.63, 3.8) is 0 Å². The second-order valence-corrected chi connectivity index (χ2v) is 6.46. The Morgan fingerprint density at radius 1 is 1.40 bits per heavy atom. The van der Waals surface area contributed by atoms with E-state index in [1.54, 1.807) is 0 Å². The summed E-state index contributed by atoms with van der Waals surface area (Å²) in [6, 6.07) is 8.66. The van der Waals surface area contributed by atoms with Gasteiger partial charge >= 0.3 is 0 Å². The minimum atomic E-state index is 0.254. The normalized spacial score (nSPS) is 12.7. The van der Waals surface area contributed by atoms with Crippen LogP contribution in [0, 0.1) is 10.5 Å². The summed E-state index contributed by atoms with van der Waals surface area (Å²) in [6.45, 7) is 5.06. The van der Waals surface area contributed by atoms with Gasteiger partial charge in [0.2, 0.25) is 0 Å². The predicted molar refractivity (Wildman–Crippen MR) is 92.2 cm³/mol. The Morgan fingerprint density at radius 3 is 2.70 bits per heavy atom. The topological polar surface area (TPSA) is 29.9 Å². The van der Waals surface area contributed by atoms with Gasteiger partial charge in [0.15, 0.2) is 0 Å². The number of hydrogen-bond acceptors (Lipinski definition) is 2. The summed E-state index contributed by atoms with van der Waals surface area (Å²) in [7, 11) is 1.99. The molecule has 1 heterocycles. The maximum Gasteiger partial charge on any atom is 0.0596 e. The van der Waals surface area contributed by atoms with E-state index in [1.165, 1.54) is 11.3 Å². The van der Waals surface area contributed by atoms with E-state index in [1.807, 2.05) is 18.7 Å². The van der Waals surface area contributed by atoms with Crippen LogP contribution in [-0.2, 0) is 13.5 Å². The molecule has 0 saturated heterocycles. The molecule has 0 fully saturated rings. The van der Waals surface area contributed by atoms with Gasteiger partial charge in [-0.15, -0.1) is 0 Å². The summed E-state index contributed by atoms with van der Waals surface area (Å²) in [5.41, 5.74) is 3.50. The standard InChI is InChI=1S/C15H19ClIN3/c1-4-18-15(9-12-7-10(2)19-20(12)3)11-5-6-14(17)13(16)8-11/h5-8,15,18H,4,9H2,1-3H3. The average Bonchev–Trinajstić information content (AvgIpc) is 2.71. The van der Waals surface area contributed by atoms with Crippen LogP contribution < -0.4 is 5.32 Å². The van der Waals surface area contributed by atoms with E-state index in [9.17, 15) is 0 Å². The number of nitrogens with one attached hydrogen (secondary N) is 1. The first kappa shape index (κ1) is 15.8. The van der Waals surface area contributed by atoms with Gasteiger partial charge < -0.3 is 5.32 Å². The van der Waals surface area contributed by atoms with Crippen molar-refractivity contribution in [2.45, 2.75) is 26.3 Å². The summed E-state index contributed by atoms with van der Waals surface area (Å²) in [6.07, 6.45) is 0.905. The zero-order valence-corrected chi connectivity index (χ0v) is 14.9. The van der Waals surface area contributed by atoms with Crippen LogP contribution in [-0.4, -0.2) is 16.3 Å². The third kappa shape index (κ3) is 3.74. The fraction of sp³-hybridized carbons (Fsp3) is 0.400. The molecule has 0 aliphatic rings. The third-order valence-electron chi connectivity index (χ3n) is 3.31. The average molecular weight is 404 g/mol. The van der Waals surface area contributed by atoms with E-state index in [0.717, 1.165) is 27.3 Å². The maximum atomic E-state index is 6.24. The molecular weight excluding hydrogens is 385 g/mol. The van der Waals surface area contributed by atoms with Gasteiger partial charge in [0.05, 0.1) is 10.7 Å². The van der Waals surface area contributed by atoms with Crippen molar-refractivity contribution < 1.29 is 0 Å². The van der Waals surface area contributed by atoms with Crippen LogP contribution in [0.2, 0.25) is 5.02 Å². The lowest BCUT2D eigenvalue weighted by molar-refractivity contribution is 0.528. The highest BCUT2D eigenvalue weighted by atomic mass is 127. The second kappa shape index (κ2) is 6.91. The predicted octanol–water partition coefficient (Wildman–Crippen LogP) is 3.88. The van der Waals surface area contributed by atoms with Crippen LogP contribution >= 0.6 is 34.2 Å². The van der Waals surface area contributed by atoms with Crippen LogP contribution in [0.25, 0.3) is 0 Å². The van der Waals surface area contributed by atoms with Gasteiger partial charge in [-0.05, 0) is 59.8 Å². The quantitative estimate of drug-likeness (QED) is 0.768. The van der Waals surface area contributed by atoms with E-state index in [2.05, 4.69) is 64.2 Å². The van der Waals surface area contributed by atoms with E-state index in [4.69, 9.17) is 11.6 Å². The molecular formula is C15H19ClIN3. The molecule has 0 saturated carbocycles. The highest BCUT2D eigenvalue weighted by molar-refractivity contribution is 14.1. The van der Waals surface area contributed by atoms with Crippen LogP contribution in [0.15, 0.2) is 24.3 Å². The van der Waals surface area contributed by atoms with Crippen molar-refractivity contribution in [1.82, 2.24) is 15.1 Å². The molecule has 0 aliphatic heterocycles. The molecule has 1 aromatic heterocycles. The first-order chi connectivity index (χ1) is 9.51. The molecule has 3 nitrogen and oxygen atoms in total. The number of hydrogen-bond donors (Lipinski definition) is 1. The van der Waals surface area contributed by atoms with Gasteiger partial charge in [0.25, 0.3) is 0 Å². The van der Waals surface area contributed by atoms with E-state index < -0.39 is 0 Å². The minimum Gasteiger partial charge on any atom is -0.310 e. The molecule has 1 atom stereocenters. The second-order valence-electron chi connectivity index (χ2n) is 4.89. The molecule has 5 heteroatoms. The Balaban J connectivity index is 2.26. The van der Waals surface area contributed by atoms with Gasteiger partial charge in [0.1, 0.15) is 0 Å². The van der Waals surface area contributed by atoms with Gasteiger partial charge in [-0.3, -0.25) is 4.68 Å². The number of rotatable bonds is 5. The lowest BCUT2D eigenvalue weighted by atomic mass is 10.0. The number of nitrogens with zero attached hydrogens (tertiary/aromatic N) is 2. The molecule has 0 bridgehead atoms. The Kier molecular flexibility index (Phi) is 5.46. The minimum absolute atomic E-state index is 0.254. The van der Waals surface area contributed by atoms with Crippen LogP contribution in [0.5, 0.6) is 0 Å². The molecule has 0 amide bonds. The Labute approximate surface area is 138 Å². The third-order valence-corrected chi connectivity index (χ3v) is 4.88. The zero-order chi connectivity index (χ0) is 14.7. The fourth-order valence-corrected chi connectivity index (χ4v) is 2.87. The lowest BCUT2D eigenvalue weighted by Crippen LogP contribution is -2.24. The largest absolute Gasteiger partial charge is 0.310 e. The maximum absolute atomic E-state index is 6.24. The van der Waals surface area contributed by atoms with Crippen molar-refractivity contribution >= 4 is 34.2 Å². The summed E-state index contributed by atoms with van der Waals surface area (Å²) in [5.74, 6) is 0. The van der Waals surface area contributed by atoms with Crippen LogP contribution in [0.3, 0.4) is 0 Å². The van der Waals surface area contributed by atoms with Crippen molar-refractivity contribution in [3.8, 4) is 0 Å². The summed E-state index contributed by atoms with van der Waals surface area (Å²) in [5, 5.41) is 8.75. The molecule has 0 radical (unpaired) electrons. The van der Waals surface area contributed by atoms with Crippen molar-refractivity contribution in [1.29, 1.82) is 0 Å². The van der Waals surface area contributed by atoms with Gasteiger partial charge in [-0.1, -0.05) is 24.6 Å².